The summed E-state index contributed by atoms with van der Waals surface area (Å²) in [4.78, 5) is 12.8. The molecule has 2 N–H and O–H groups in total. The van der Waals surface area contributed by atoms with E-state index in [0.29, 0.717) is 0 Å². The van der Waals surface area contributed by atoms with Gasteiger partial charge in [-0.2, -0.15) is 0 Å². The van der Waals surface area contributed by atoms with Gasteiger partial charge < -0.3 is 15.2 Å². The predicted octanol–water partition coefficient (Wildman–Crippen LogP) is 0.944. The second-order valence-corrected chi connectivity index (χ2v) is 4.85. The first-order valence-corrected chi connectivity index (χ1v) is 6.48. The highest BCUT2D eigenvalue weighted by Crippen LogP contribution is 2.17. The van der Waals surface area contributed by atoms with Gasteiger partial charge in [-0.3, -0.25) is 9.69 Å². The normalized spacial score (nSPS) is 19.5. The van der Waals surface area contributed by atoms with Gasteiger partial charge in [-0.15, -0.1) is 0 Å². The molecule has 0 aromatic heterocycles. The highest BCUT2D eigenvalue weighted by atomic mass is 16.5. The molecular formula is C14H20N2O3. The van der Waals surface area contributed by atoms with Crippen LogP contribution >= 0.6 is 0 Å². The topological polar surface area (TPSA) is 61.8 Å². The second kappa shape index (κ2) is 6.54. The van der Waals surface area contributed by atoms with Gasteiger partial charge in [0.1, 0.15) is 5.75 Å². The molecule has 2 rings (SSSR count). The van der Waals surface area contributed by atoms with E-state index in [4.69, 9.17) is 9.84 Å². The predicted molar refractivity (Wildman–Crippen MR) is 72.3 cm³/mol. The Balaban J connectivity index is 1.82. The van der Waals surface area contributed by atoms with Crippen LogP contribution in [0.15, 0.2) is 24.3 Å². The Kier molecular flexibility index (Phi) is 4.76. The maximum Gasteiger partial charge on any atom is 0.317 e. The van der Waals surface area contributed by atoms with Crippen molar-refractivity contribution in [1.29, 1.82) is 0 Å². The zero-order valence-corrected chi connectivity index (χ0v) is 11.1. The van der Waals surface area contributed by atoms with E-state index in [-0.39, 0.29) is 12.6 Å². The van der Waals surface area contributed by atoms with Crippen LogP contribution in [0.2, 0.25) is 0 Å². The molecule has 0 spiro atoms. The number of nitrogens with one attached hydrogen (secondary N) is 1. The van der Waals surface area contributed by atoms with Crippen molar-refractivity contribution in [3.63, 3.8) is 0 Å². The number of hydrogen-bond donors (Lipinski definition) is 2. The molecular weight excluding hydrogens is 244 g/mol. The van der Waals surface area contributed by atoms with Crippen LogP contribution in [0.25, 0.3) is 0 Å². The first kappa shape index (κ1) is 13.8. The number of nitrogens with zero attached hydrogens (tertiary/aromatic N) is 1. The number of hydrogen-bond acceptors (Lipinski definition) is 4. The van der Waals surface area contributed by atoms with Gasteiger partial charge in [-0.1, -0.05) is 12.1 Å². The van der Waals surface area contributed by atoms with Gasteiger partial charge in [-0.25, -0.2) is 0 Å². The van der Waals surface area contributed by atoms with Gasteiger partial charge in [0.05, 0.1) is 13.7 Å². The molecule has 0 amide bonds. The van der Waals surface area contributed by atoms with Crippen LogP contribution in [-0.2, 0) is 11.3 Å². The van der Waals surface area contributed by atoms with Crippen molar-refractivity contribution in [1.82, 2.24) is 10.2 Å². The van der Waals surface area contributed by atoms with E-state index in [1.807, 2.05) is 18.2 Å². The van der Waals surface area contributed by atoms with Crippen LogP contribution in [0.1, 0.15) is 12.0 Å². The SMILES string of the molecule is COc1cccc(CN2CCC(NCC(=O)O)C2)c1. The van der Waals surface area contributed by atoms with Crippen molar-refractivity contribution < 1.29 is 14.6 Å². The summed E-state index contributed by atoms with van der Waals surface area (Å²) in [7, 11) is 1.67. The van der Waals surface area contributed by atoms with Crippen molar-refractivity contribution in [3.8, 4) is 5.75 Å². The molecule has 1 heterocycles. The highest BCUT2D eigenvalue weighted by molar-refractivity contribution is 5.69. The third-order valence-corrected chi connectivity index (χ3v) is 3.35. The maximum atomic E-state index is 10.5. The zero-order valence-electron chi connectivity index (χ0n) is 11.1. The third kappa shape index (κ3) is 4.22. The molecule has 19 heavy (non-hydrogen) atoms. The fourth-order valence-corrected chi connectivity index (χ4v) is 2.40. The molecule has 5 heteroatoms. The van der Waals surface area contributed by atoms with E-state index >= 15 is 0 Å². The lowest BCUT2D eigenvalue weighted by Gasteiger charge is -2.16. The summed E-state index contributed by atoms with van der Waals surface area (Å²) in [5.74, 6) is 0.0727. The van der Waals surface area contributed by atoms with E-state index in [0.717, 1.165) is 31.8 Å². The van der Waals surface area contributed by atoms with E-state index < -0.39 is 5.97 Å². The summed E-state index contributed by atoms with van der Waals surface area (Å²) in [5.41, 5.74) is 1.22. The minimum Gasteiger partial charge on any atom is -0.497 e. The molecule has 104 valence electrons. The lowest BCUT2D eigenvalue weighted by molar-refractivity contribution is -0.136. The van der Waals surface area contributed by atoms with Crippen LogP contribution in [0.4, 0.5) is 0 Å². The summed E-state index contributed by atoms with van der Waals surface area (Å²) in [6.45, 7) is 2.80. The molecule has 0 radical (unpaired) electrons. The summed E-state index contributed by atoms with van der Waals surface area (Å²) in [5, 5.41) is 11.7. The number of rotatable bonds is 6. The number of aliphatic carboxylic acids is 1. The molecule has 1 atom stereocenters. The van der Waals surface area contributed by atoms with Gasteiger partial charge in [0.2, 0.25) is 0 Å². The number of carbonyl (C=O) groups is 1. The second-order valence-electron chi connectivity index (χ2n) is 4.85. The number of likely N-dealkylation sites (tertiary alicyclic amines) is 1. The number of benzene rings is 1. The van der Waals surface area contributed by atoms with Crippen molar-refractivity contribution in [2.75, 3.05) is 26.7 Å². The average molecular weight is 264 g/mol. The molecule has 1 fully saturated rings. The Morgan fingerprint density at radius 1 is 1.58 bits per heavy atom. The Labute approximate surface area is 113 Å². The quantitative estimate of drug-likeness (QED) is 0.801. The van der Waals surface area contributed by atoms with E-state index in [1.165, 1.54) is 5.56 Å². The Morgan fingerprint density at radius 3 is 3.16 bits per heavy atom. The lowest BCUT2D eigenvalue weighted by Crippen LogP contribution is -2.35. The lowest BCUT2D eigenvalue weighted by atomic mass is 10.2. The third-order valence-electron chi connectivity index (χ3n) is 3.35. The summed E-state index contributed by atoms with van der Waals surface area (Å²) in [6, 6.07) is 8.33. The highest BCUT2D eigenvalue weighted by Gasteiger charge is 2.22. The van der Waals surface area contributed by atoms with Gasteiger partial charge in [0.15, 0.2) is 0 Å². The van der Waals surface area contributed by atoms with E-state index in [1.54, 1.807) is 7.11 Å². The monoisotopic (exact) mass is 264 g/mol. The molecule has 1 unspecified atom stereocenters. The fraction of sp³-hybridized carbons (Fsp3) is 0.500. The molecule has 0 saturated carbocycles. The molecule has 5 nitrogen and oxygen atoms in total. The number of ether oxygens (including phenoxy) is 1. The smallest absolute Gasteiger partial charge is 0.317 e. The van der Waals surface area contributed by atoms with Crippen LogP contribution in [-0.4, -0.2) is 48.8 Å². The molecule has 1 saturated heterocycles. The van der Waals surface area contributed by atoms with Crippen molar-refractivity contribution >= 4 is 5.97 Å². The van der Waals surface area contributed by atoms with E-state index in [2.05, 4.69) is 16.3 Å². The van der Waals surface area contributed by atoms with Gasteiger partial charge in [0.25, 0.3) is 0 Å². The molecule has 1 aliphatic heterocycles. The fourth-order valence-electron chi connectivity index (χ4n) is 2.40. The number of carboxylic acids is 1. The van der Waals surface area contributed by atoms with Crippen LogP contribution in [0, 0.1) is 0 Å². The first-order valence-electron chi connectivity index (χ1n) is 6.48. The maximum absolute atomic E-state index is 10.5. The van der Waals surface area contributed by atoms with Crippen LogP contribution < -0.4 is 10.1 Å². The molecule has 0 aliphatic carbocycles. The Bertz CT molecular complexity index is 436. The van der Waals surface area contributed by atoms with Crippen molar-refractivity contribution in [2.24, 2.45) is 0 Å². The molecule has 1 aromatic rings. The molecule has 1 aromatic carbocycles. The first-order chi connectivity index (χ1) is 9.17. The zero-order chi connectivity index (χ0) is 13.7. The molecule has 0 bridgehead atoms. The Morgan fingerprint density at radius 2 is 2.42 bits per heavy atom. The largest absolute Gasteiger partial charge is 0.497 e. The van der Waals surface area contributed by atoms with E-state index in [9.17, 15) is 4.79 Å². The van der Waals surface area contributed by atoms with Crippen LogP contribution in [0.5, 0.6) is 5.75 Å². The van der Waals surface area contributed by atoms with Crippen molar-refractivity contribution in [2.45, 2.75) is 19.0 Å². The summed E-state index contributed by atoms with van der Waals surface area (Å²) < 4.78 is 5.21. The van der Waals surface area contributed by atoms with Crippen molar-refractivity contribution in [3.05, 3.63) is 29.8 Å². The summed E-state index contributed by atoms with van der Waals surface area (Å²) in [6.07, 6.45) is 0.997. The van der Waals surface area contributed by atoms with Crippen LogP contribution in [0.3, 0.4) is 0 Å². The standard InChI is InChI=1S/C14H20N2O3/c1-19-13-4-2-3-11(7-13)9-16-6-5-12(10-16)15-8-14(17)18/h2-4,7,12,15H,5-6,8-10H2,1H3,(H,17,18). The number of methoxy groups -OCH3 is 1. The average Bonchev–Trinajstić information content (AvgIpc) is 2.84. The van der Waals surface area contributed by atoms with Gasteiger partial charge in [0, 0.05) is 25.7 Å². The summed E-state index contributed by atoms with van der Waals surface area (Å²) >= 11 is 0. The van der Waals surface area contributed by atoms with Gasteiger partial charge in [-0.05, 0) is 24.1 Å². The molecule has 1 aliphatic rings. The Hall–Kier alpha value is -1.59. The minimum atomic E-state index is -0.800. The number of carboxylic acid groups (broad SMARTS) is 1. The van der Waals surface area contributed by atoms with Gasteiger partial charge >= 0.3 is 5.97 Å². The minimum absolute atomic E-state index is 0.0394.